The number of nitrogen functional groups attached to an aromatic ring is 1. The van der Waals surface area contributed by atoms with E-state index in [1.807, 2.05) is 6.92 Å². The van der Waals surface area contributed by atoms with Crippen LogP contribution in [0.3, 0.4) is 0 Å². The molecule has 1 fully saturated rings. The number of rotatable bonds is 2. The molecule has 1 aromatic rings. The Kier molecular flexibility index (Phi) is 3.21. The maximum Gasteiger partial charge on any atom is 0.253 e. The topological polar surface area (TPSA) is 87.0 Å². The number of hydrogen-bond acceptors (Lipinski definition) is 5. The molecular formula is C10H17N5O. The Labute approximate surface area is 93.9 Å². The molecule has 6 nitrogen and oxygen atoms in total. The SMILES string of the molecule is CC(c1nc(N)cc(=O)[nH]1)N1CCNCC1. The highest BCUT2D eigenvalue weighted by Crippen LogP contribution is 2.15. The molecule has 1 aliphatic heterocycles. The lowest BCUT2D eigenvalue weighted by atomic mass is 10.2. The molecule has 6 heteroatoms. The summed E-state index contributed by atoms with van der Waals surface area (Å²) in [4.78, 5) is 20.5. The van der Waals surface area contributed by atoms with Crippen molar-refractivity contribution in [3.05, 3.63) is 22.2 Å². The number of anilines is 1. The van der Waals surface area contributed by atoms with Crippen molar-refractivity contribution in [1.82, 2.24) is 20.2 Å². The first kappa shape index (κ1) is 11.1. The molecule has 0 aromatic carbocycles. The van der Waals surface area contributed by atoms with Crippen LogP contribution in [-0.2, 0) is 0 Å². The van der Waals surface area contributed by atoms with Crippen molar-refractivity contribution in [2.45, 2.75) is 13.0 Å². The second-order valence-corrected chi connectivity index (χ2v) is 4.02. The molecule has 0 spiro atoms. The van der Waals surface area contributed by atoms with Gasteiger partial charge in [0.05, 0.1) is 6.04 Å². The minimum atomic E-state index is -0.190. The van der Waals surface area contributed by atoms with E-state index in [0.29, 0.717) is 5.82 Å². The smallest absolute Gasteiger partial charge is 0.253 e. The molecule has 2 heterocycles. The molecule has 1 atom stereocenters. The van der Waals surface area contributed by atoms with E-state index in [4.69, 9.17) is 5.73 Å². The van der Waals surface area contributed by atoms with Gasteiger partial charge in [-0.2, -0.15) is 0 Å². The molecule has 0 bridgehead atoms. The first-order valence-electron chi connectivity index (χ1n) is 5.48. The molecule has 2 rings (SSSR count). The van der Waals surface area contributed by atoms with Crippen LogP contribution in [0.25, 0.3) is 0 Å². The summed E-state index contributed by atoms with van der Waals surface area (Å²) < 4.78 is 0. The Morgan fingerprint density at radius 3 is 2.81 bits per heavy atom. The number of piperazine rings is 1. The van der Waals surface area contributed by atoms with Gasteiger partial charge in [-0.05, 0) is 6.92 Å². The maximum atomic E-state index is 11.3. The Balaban J connectivity index is 2.18. The van der Waals surface area contributed by atoms with E-state index in [-0.39, 0.29) is 17.4 Å². The van der Waals surface area contributed by atoms with Gasteiger partial charge in [0, 0.05) is 32.2 Å². The summed E-state index contributed by atoms with van der Waals surface area (Å²) >= 11 is 0. The van der Waals surface area contributed by atoms with Crippen molar-refractivity contribution in [2.75, 3.05) is 31.9 Å². The summed E-state index contributed by atoms with van der Waals surface area (Å²) in [5, 5.41) is 3.29. The van der Waals surface area contributed by atoms with Gasteiger partial charge in [-0.15, -0.1) is 0 Å². The van der Waals surface area contributed by atoms with Gasteiger partial charge in [0.25, 0.3) is 5.56 Å². The number of H-pyrrole nitrogens is 1. The van der Waals surface area contributed by atoms with Gasteiger partial charge in [0.2, 0.25) is 0 Å². The first-order valence-corrected chi connectivity index (χ1v) is 5.48. The van der Waals surface area contributed by atoms with Gasteiger partial charge in [0.15, 0.2) is 0 Å². The van der Waals surface area contributed by atoms with Crippen molar-refractivity contribution < 1.29 is 0 Å². The van der Waals surface area contributed by atoms with Gasteiger partial charge in [-0.1, -0.05) is 0 Å². The number of nitrogens with two attached hydrogens (primary N) is 1. The van der Waals surface area contributed by atoms with Crippen molar-refractivity contribution in [3.8, 4) is 0 Å². The normalized spacial score (nSPS) is 19.6. The quantitative estimate of drug-likeness (QED) is 0.618. The summed E-state index contributed by atoms with van der Waals surface area (Å²) in [6.45, 7) is 5.89. The number of nitrogens with zero attached hydrogens (tertiary/aromatic N) is 2. The zero-order valence-electron chi connectivity index (χ0n) is 9.36. The van der Waals surface area contributed by atoms with E-state index in [2.05, 4.69) is 20.2 Å². The van der Waals surface area contributed by atoms with Crippen LogP contribution >= 0.6 is 0 Å². The lowest BCUT2D eigenvalue weighted by Crippen LogP contribution is -2.45. The molecule has 0 radical (unpaired) electrons. The standard InChI is InChI=1S/C10H17N5O/c1-7(15-4-2-12-3-5-15)10-13-8(11)6-9(16)14-10/h6-7,12H,2-5H2,1H3,(H3,11,13,14,16). The Morgan fingerprint density at radius 2 is 2.19 bits per heavy atom. The molecule has 16 heavy (non-hydrogen) atoms. The van der Waals surface area contributed by atoms with Crippen LogP contribution in [0, 0.1) is 0 Å². The molecule has 1 unspecified atom stereocenters. The van der Waals surface area contributed by atoms with Gasteiger partial charge >= 0.3 is 0 Å². The fourth-order valence-corrected chi connectivity index (χ4v) is 1.94. The lowest BCUT2D eigenvalue weighted by molar-refractivity contribution is 0.179. The highest BCUT2D eigenvalue weighted by molar-refractivity contribution is 5.25. The average molecular weight is 223 g/mol. The van der Waals surface area contributed by atoms with E-state index in [1.165, 1.54) is 6.07 Å². The second-order valence-electron chi connectivity index (χ2n) is 4.02. The molecule has 4 N–H and O–H groups in total. The molecule has 1 aromatic heterocycles. The third kappa shape index (κ3) is 2.40. The molecule has 88 valence electrons. The predicted molar refractivity (Wildman–Crippen MR) is 62.1 cm³/mol. The average Bonchev–Trinajstić information content (AvgIpc) is 2.28. The highest BCUT2D eigenvalue weighted by atomic mass is 16.1. The molecule has 0 aliphatic carbocycles. The number of aromatic amines is 1. The van der Waals surface area contributed by atoms with Crippen LogP contribution in [0.4, 0.5) is 5.82 Å². The highest BCUT2D eigenvalue weighted by Gasteiger charge is 2.19. The largest absolute Gasteiger partial charge is 0.383 e. The van der Waals surface area contributed by atoms with Crippen LogP contribution < -0.4 is 16.6 Å². The lowest BCUT2D eigenvalue weighted by Gasteiger charge is -2.32. The summed E-state index contributed by atoms with van der Waals surface area (Å²) in [5.74, 6) is 0.924. The Morgan fingerprint density at radius 1 is 1.50 bits per heavy atom. The molecular weight excluding hydrogens is 206 g/mol. The second kappa shape index (κ2) is 4.63. The summed E-state index contributed by atoms with van der Waals surface area (Å²) in [6.07, 6.45) is 0. The Bertz CT molecular complexity index is 410. The van der Waals surface area contributed by atoms with Crippen molar-refractivity contribution >= 4 is 5.82 Å². The van der Waals surface area contributed by atoms with E-state index in [0.717, 1.165) is 26.2 Å². The van der Waals surface area contributed by atoms with Crippen molar-refractivity contribution in [1.29, 1.82) is 0 Å². The van der Waals surface area contributed by atoms with E-state index >= 15 is 0 Å². The summed E-state index contributed by atoms with van der Waals surface area (Å²) in [5.41, 5.74) is 5.37. The van der Waals surface area contributed by atoms with Crippen LogP contribution in [0.1, 0.15) is 18.8 Å². The van der Waals surface area contributed by atoms with Gasteiger partial charge in [-0.25, -0.2) is 4.98 Å². The summed E-state index contributed by atoms with van der Waals surface area (Å²) in [6, 6.07) is 1.40. The van der Waals surface area contributed by atoms with Crippen LogP contribution in [0.2, 0.25) is 0 Å². The van der Waals surface area contributed by atoms with Crippen molar-refractivity contribution in [3.63, 3.8) is 0 Å². The third-order valence-corrected chi connectivity index (χ3v) is 2.87. The van der Waals surface area contributed by atoms with Gasteiger partial charge in [0.1, 0.15) is 11.6 Å². The zero-order chi connectivity index (χ0) is 11.5. The van der Waals surface area contributed by atoms with Gasteiger partial charge in [-0.3, -0.25) is 9.69 Å². The molecule has 1 aliphatic rings. The predicted octanol–water partition coefficient (Wildman–Crippen LogP) is -0.682. The monoisotopic (exact) mass is 223 g/mol. The minimum absolute atomic E-state index is 0.0956. The van der Waals surface area contributed by atoms with Crippen LogP contribution in [0.15, 0.2) is 10.9 Å². The van der Waals surface area contributed by atoms with Crippen molar-refractivity contribution in [2.24, 2.45) is 0 Å². The number of nitrogens with one attached hydrogen (secondary N) is 2. The third-order valence-electron chi connectivity index (χ3n) is 2.87. The van der Waals surface area contributed by atoms with E-state index in [9.17, 15) is 4.79 Å². The maximum absolute atomic E-state index is 11.3. The van der Waals surface area contributed by atoms with E-state index < -0.39 is 0 Å². The fraction of sp³-hybridized carbons (Fsp3) is 0.600. The first-order chi connectivity index (χ1) is 7.66. The van der Waals surface area contributed by atoms with E-state index in [1.54, 1.807) is 0 Å². The molecule has 1 saturated heterocycles. The zero-order valence-corrected chi connectivity index (χ0v) is 9.36. The Hall–Kier alpha value is -1.40. The molecule has 0 saturated carbocycles. The summed E-state index contributed by atoms with van der Waals surface area (Å²) in [7, 11) is 0. The van der Waals surface area contributed by atoms with Gasteiger partial charge < -0.3 is 16.0 Å². The van der Waals surface area contributed by atoms with Crippen LogP contribution in [-0.4, -0.2) is 41.0 Å². The van der Waals surface area contributed by atoms with Crippen LogP contribution in [0.5, 0.6) is 0 Å². The number of hydrogen-bond donors (Lipinski definition) is 3. The minimum Gasteiger partial charge on any atom is -0.383 e. The molecule has 0 amide bonds. The number of aromatic nitrogens is 2. The fourth-order valence-electron chi connectivity index (χ4n) is 1.94.